The van der Waals surface area contributed by atoms with E-state index in [2.05, 4.69) is 14.9 Å². The summed E-state index contributed by atoms with van der Waals surface area (Å²) in [5, 5.41) is 4.65. The molecule has 0 aliphatic heterocycles. The average Bonchev–Trinajstić information content (AvgIpc) is 2.24. The van der Waals surface area contributed by atoms with Crippen molar-refractivity contribution in [3.8, 4) is 5.75 Å². The number of pyridine rings is 1. The minimum atomic E-state index is -5.32. The summed E-state index contributed by atoms with van der Waals surface area (Å²) >= 11 is 0. The lowest BCUT2D eigenvalue weighted by atomic mass is 10.2. The first-order valence-electron chi connectivity index (χ1n) is 4.76. The summed E-state index contributed by atoms with van der Waals surface area (Å²) in [5.41, 5.74) is 3.12. The molecule has 20 heavy (non-hydrogen) atoms. The molecule has 0 aliphatic rings. The van der Waals surface area contributed by atoms with Crippen molar-refractivity contribution in [3.05, 3.63) is 17.5 Å². The Balaban J connectivity index is 3.70. The second-order valence-electron chi connectivity index (χ2n) is 3.42. The maximum absolute atomic E-state index is 12.7. The molecule has 1 aromatic rings. The van der Waals surface area contributed by atoms with Crippen LogP contribution in [0.4, 0.5) is 22.0 Å². The second kappa shape index (κ2) is 5.46. The van der Waals surface area contributed by atoms with Crippen LogP contribution >= 0.6 is 0 Å². The fourth-order valence-corrected chi connectivity index (χ4v) is 2.19. The van der Waals surface area contributed by atoms with E-state index in [0.717, 1.165) is 0 Å². The van der Waals surface area contributed by atoms with E-state index in [1.54, 1.807) is 0 Å². The minimum absolute atomic E-state index is 0.532. The van der Waals surface area contributed by atoms with Gasteiger partial charge in [0.2, 0.25) is 10.0 Å². The molecule has 0 amide bonds. The summed E-state index contributed by atoms with van der Waals surface area (Å²) in [6, 6.07) is 0. The van der Waals surface area contributed by atoms with Crippen LogP contribution < -0.4 is 15.6 Å². The van der Waals surface area contributed by atoms with Crippen LogP contribution in [-0.4, -0.2) is 19.8 Å². The molecule has 0 aromatic carbocycles. The highest BCUT2D eigenvalue weighted by Gasteiger charge is 2.37. The topological polar surface area (TPSA) is 108 Å². The van der Waals surface area contributed by atoms with Gasteiger partial charge in [0.1, 0.15) is 5.69 Å². The Morgan fingerprint density at radius 2 is 1.90 bits per heavy atom. The fourth-order valence-electron chi connectivity index (χ4n) is 1.33. The molecule has 0 saturated carbocycles. The molecule has 0 bridgehead atoms. The van der Waals surface area contributed by atoms with E-state index in [9.17, 15) is 30.4 Å². The summed E-state index contributed by atoms with van der Waals surface area (Å²) in [6.45, 7) is -0.621. The van der Waals surface area contributed by atoms with Gasteiger partial charge in [0.25, 0.3) is 6.43 Å². The van der Waals surface area contributed by atoms with Crippen molar-refractivity contribution >= 4 is 10.0 Å². The van der Waals surface area contributed by atoms with Gasteiger partial charge in [-0.2, -0.15) is 0 Å². The number of sulfonamides is 1. The highest BCUT2D eigenvalue weighted by Crippen LogP contribution is 2.37. The van der Waals surface area contributed by atoms with E-state index in [4.69, 9.17) is 5.73 Å². The van der Waals surface area contributed by atoms with Crippen LogP contribution in [-0.2, 0) is 16.6 Å². The van der Waals surface area contributed by atoms with Crippen molar-refractivity contribution in [2.75, 3.05) is 0 Å². The van der Waals surface area contributed by atoms with E-state index < -0.39 is 51.3 Å². The van der Waals surface area contributed by atoms with Gasteiger partial charge in [-0.1, -0.05) is 0 Å². The molecule has 0 saturated heterocycles. The van der Waals surface area contributed by atoms with Gasteiger partial charge in [0.05, 0.1) is 0 Å². The summed E-state index contributed by atoms with van der Waals surface area (Å²) in [6.07, 6.45) is -8.22. The lowest BCUT2D eigenvalue weighted by Gasteiger charge is -2.17. The largest absolute Gasteiger partial charge is 0.573 e. The Morgan fingerprint density at radius 1 is 1.35 bits per heavy atom. The zero-order chi connectivity index (χ0) is 15.7. The van der Waals surface area contributed by atoms with Gasteiger partial charge < -0.3 is 10.5 Å². The van der Waals surface area contributed by atoms with Crippen LogP contribution in [0.25, 0.3) is 0 Å². The molecule has 4 N–H and O–H groups in total. The van der Waals surface area contributed by atoms with Crippen molar-refractivity contribution in [1.82, 2.24) is 4.98 Å². The number of primary sulfonamides is 1. The Morgan fingerprint density at radius 3 is 2.25 bits per heavy atom. The number of nitrogens with zero attached hydrogens (tertiary/aromatic N) is 1. The molecular formula is C8H8F5N3O3S. The van der Waals surface area contributed by atoms with Gasteiger partial charge in [0.15, 0.2) is 10.6 Å². The molecule has 1 aromatic heterocycles. The number of aromatic nitrogens is 1. The van der Waals surface area contributed by atoms with E-state index in [-0.39, 0.29) is 0 Å². The first kappa shape index (κ1) is 16.5. The SMILES string of the molecule is NCc1cnc(C(F)F)c(S(N)(=O)=O)c1OC(F)(F)F. The Labute approximate surface area is 109 Å². The van der Waals surface area contributed by atoms with Crippen molar-refractivity contribution < 1.29 is 35.1 Å². The van der Waals surface area contributed by atoms with Gasteiger partial charge in [-0.25, -0.2) is 22.3 Å². The number of nitrogens with two attached hydrogens (primary N) is 2. The average molecular weight is 321 g/mol. The maximum atomic E-state index is 12.7. The lowest BCUT2D eigenvalue weighted by molar-refractivity contribution is -0.276. The third-order valence-corrected chi connectivity index (χ3v) is 2.98. The predicted octanol–water partition coefficient (Wildman–Crippen LogP) is 1.02. The summed E-state index contributed by atoms with van der Waals surface area (Å²) in [5.74, 6) is -1.40. The summed E-state index contributed by atoms with van der Waals surface area (Å²) < 4.78 is 88.0. The highest BCUT2D eigenvalue weighted by atomic mass is 32.2. The predicted molar refractivity (Wildman–Crippen MR) is 55.1 cm³/mol. The van der Waals surface area contributed by atoms with E-state index in [1.165, 1.54) is 0 Å². The zero-order valence-corrected chi connectivity index (χ0v) is 10.3. The molecule has 0 spiro atoms. The van der Waals surface area contributed by atoms with Crippen molar-refractivity contribution in [1.29, 1.82) is 0 Å². The number of alkyl halides is 5. The van der Waals surface area contributed by atoms with Gasteiger partial charge in [-0.3, -0.25) is 4.98 Å². The first-order chi connectivity index (χ1) is 8.97. The van der Waals surface area contributed by atoms with Crippen molar-refractivity contribution in [3.63, 3.8) is 0 Å². The molecular weight excluding hydrogens is 313 g/mol. The van der Waals surface area contributed by atoms with Crippen LogP contribution in [0.5, 0.6) is 5.75 Å². The summed E-state index contributed by atoms with van der Waals surface area (Å²) in [7, 11) is -4.94. The van der Waals surface area contributed by atoms with Crippen molar-refractivity contribution in [2.24, 2.45) is 10.9 Å². The Bertz CT molecular complexity index is 602. The molecule has 12 heteroatoms. The standard InChI is InChI=1S/C8H8F5N3O3S/c9-7(10)4-6(20(15,17)18)5(19-8(11,12)13)3(1-14)2-16-4/h2,7H,1,14H2,(H2,15,17,18). The molecule has 1 rings (SSSR count). The molecule has 0 atom stereocenters. The zero-order valence-electron chi connectivity index (χ0n) is 9.49. The van der Waals surface area contributed by atoms with E-state index in [0.29, 0.717) is 6.20 Å². The van der Waals surface area contributed by atoms with E-state index >= 15 is 0 Å². The summed E-state index contributed by atoms with van der Waals surface area (Å²) in [4.78, 5) is 1.54. The quantitative estimate of drug-likeness (QED) is 0.805. The molecule has 0 aliphatic carbocycles. The third-order valence-electron chi connectivity index (χ3n) is 2.02. The minimum Gasteiger partial charge on any atom is -0.404 e. The highest BCUT2D eigenvalue weighted by molar-refractivity contribution is 7.89. The van der Waals surface area contributed by atoms with Crippen molar-refractivity contribution in [2.45, 2.75) is 24.2 Å². The van der Waals surface area contributed by atoms with Crippen LogP contribution in [0.3, 0.4) is 0 Å². The van der Waals surface area contributed by atoms with Crippen LogP contribution in [0.15, 0.2) is 11.1 Å². The smallest absolute Gasteiger partial charge is 0.404 e. The monoisotopic (exact) mass is 321 g/mol. The van der Waals surface area contributed by atoms with Crippen LogP contribution in [0.2, 0.25) is 0 Å². The van der Waals surface area contributed by atoms with Gasteiger partial charge >= 0.3 is 6.36 Å². The number of hydrogen-bond donors (Lipinski definition) is 2. The number of hydrogen-bond acceptors (Lipinski definition) is 5. The molecule has 0 radical (unpaired) electrons. The number of ether oxygens (including phenoxy) is 1. The van der Waals surface area contributed by atoms with E-state index in [1.807, 2.05) is 0 Å². The fraction of sp³-hybridized carbons (Fsp3) is 0.375. The van der Waals surface area contributed by atoms with Crippen LogP contribution in [0, 0.1) is 0 Å². The number of halogens is 5. The number of rotatable bonds is 4. The molecule has 6 nitrogen and oxygen atoms in total. The first-order valence-corrected chi connectivity index (χ1v) is 6.30. The molecule has 0 unspecified atom stereocenters. The molecule has 114 valence electrons. The van der Waals surface area contributed by atoms with Gasteiger partial charge in [-0.05, 0) is 0 Å². The lowest BCUT2D eigenvalue weighted by Crippen LogP contribution is -2.24. The normalized spacial score (nSPS) is 12.8. The molecule has 0 fully saturated rings. The molecule has 1 heterocycles. The third kappa shape index (κ3) is 3.74. The Kier molecular flexibility index (Phi) is 4.51. The van der Waals surface area contributed by atoms with Crippen LogP contribution in [0.1, 0.15) is 17.7 Å². The van der Waals surface area contributed by atoms with Gasteiger partial charge in [-0.15, -0.1) is 13.2 Å². The van der Waals surface area contributed by atoms with Gasteiger partial charge in [0, 0.05) is 18.3 Å². The second-order valence-corrected chi connectivity index (χ2v) is 4.92. The Hall–Kier alpha value is -1.53. The maximum Gasteiger partial charge on any atom is 0.573 e.